The maximum atomic E-state index is 13.2. The number of aromatic nitrogens is 4. The van der Waals surface area contributed by atoms with E-state index in [1.807, 2.05) is 46.9 Å². The lowest BCUT2D eigenvalue weighted by Crippen LogP contribution is -2.21. The van der Waals surface area contributed by atoms with E-state index in [0.29, 0.717) is 22.1 Å². The van der Waals surface area contributed by atoms with Crippen LogP contribution in [0.2, 0.25) is 0 Å². The summed E-state index contributed by atoms with van der Waals surface area (Å²) in [4.78, 5) is 24.6. The SMILES string of the molecule is CCc1ccc(-n2c(=O)c3ccccc3n3c(SCC(C)=O)nnc23)cc1. The average molecular weight is 378 g/mol. The molecule has 0 N–H and O–H groups in total. The van der Waals surface area contributed by atoms with Crippen LogP contribution >= 0.6 is 11.8 Å². The third-order valence-electron chi connectivity index (χ3n) is 4.40. The van der Waals surface area contributed by atoms with Crippen molar-refractivity contribution in [1.29, 1.82) is 0 Å². The predicted molar refractivity (Wildman–Crippen MR) is 107 cm³/mol. The molecule has 0 aliphatic heterocycles. The zero-order valence-corrected chi connectivity index (χ0v) is 15.9. The van der Waals surface area contributed by atoms with Gasteiger partial charge in [0.1, 0.15) is 5.78 Å². The van der Waals surface area contributed by atoms with Crippen LogP contribution in [-0.4, -0.2) is 30.7 Å². The first kappa shape index (κ1) is 17.5. The molecule has 0 radical (unpaired) electrons. The summed E-state index contributed by atoms with van der Waals surface area (Å²) in [5.41, 5.74) is 2.53. The van der Waals surface area contributed by atoms with Gasteiger partial charge in [-0.2, -0.15) is 0 Å². The van der Waals surface area contributed by atoms with Gasteiger partial charge in [-0.25, -0.2) is 4.57 Å². The highest BCUT2D eigenvalue weighted by molar-refractivity contribution is 7.99. The minimum absolute atomic E-state index is 0.0598. The van der Waals surface area contributed by atoms with Gasteiger partial charge < -0.3 is 0 Å². The summed E-state index contributed by atoms with van der Waals surface area (Å²) in [5, 5.41) is 9.68. The molecule has 0 saturated carbocycles. The molecule has 2 aromatic carbocycles. The van der Waals surface area contributed by atoms with E-state index >= 15 is 0 Å². The Balaban J connectivity index is 2.03. The number of hydrogen-bond acceptors (Lipinski definition) is 5. The zero-order valence-electron chi connectivity index (χ0n) is 15.0. The molecule has 0 aliphatic carbocycles. The highest BCUT2D eigenvalue weighted by Crippen LogP contribution is 2.23. The minimum Gasteiger partial charge on any atom is -0.299 e. The van der Waals surface area contributed by atoms with Gasteiger partial charge in [-0.05, 0) is 43.2 Å². The van der Waals surface area contributed by atoms with Crippen molar-refractivity contribution >= 4 is 34.2 Å². The van der Waals surface area contributed by atoms with Gasteiger partial charge in [0.25, 0.3) is 5.56 Å². The smallest absolute Gasteiger partial charge is 0.267 e. The molecule has 4 aromatic rings. The van der Waals surface area contributed by atoms with Gasteiger partial charge >= 0.3 is 0 Å². The van der Waals surface area contributed by atoms with Crippen LogP contribution < -0.4 is 5.56 Å². The second kappa shape index (κ2) is 7.00. The van der Waals surface area contributed by atoms with Gasteiger partial charge in [-0.3, -0.25) is 14.0 Å². The molecule has 7 heteroatoms. The third kappa shape index (κ3) is 3.04. The van der Waals surface area contributed by atoms with E-state index in [1.165, 1.54) is 17.3 Å². The number of ketones is 1. The standard InChI is InChI=1S/C20H18N4O2S/c1-3-14-8-10-15(11-9-14)23-18(26)16-6-4-5-7-17(16)24-19(23)21-22-20(24)27-12-13(2)25/h4-11H,3,12H2,1-2H3. The molecular formula is C20H18N4O2S. The molecule has 0 unspecified atom stereocenters. The second-order valence-corrected chi connectivity index (χ2v) is 7.23. The average Bonchev–Trinajstić information content (AvgIpc) is 3.11. The zero-order chi connectivity index (χ0) is 19.0. The molecule has 0 aliphatic rings. The Morgan fingerprint density at radius 1 is 1.07 bits per heavy atom. The molecule has 4 rings (SSSR count). The molecule has 0 fully saturated rings. The van der Waals surface area contributed by atoms with Gasteiger partial charge in [0.2, 0.25) is 5.78 Å². The first-order valence-electron chi connectivity index (χ1n) is 8.70. The fourth-order valence-corrected chi connectivity index (χ4v) is 3.79. The third-order valence-corrected chi connectivity index (χ3v) is 5.48. The van der Waals surface area contributed by atoms with Crippen LogP contribution in [0, 0.1) is 0 Å². The number of rotatable bonds is 5. The number of hydrogen-bond donors (Lipinski definition) is 0. The van der Waals surface area contributed by atoms with E-state index in [1.54, 1.807) is 17.6 Å². The number of benzene rings is 2. The number of carbonyl (C=O) groups excluding carboxylic acids is 1. The molecule has 0 spiro atoms. The summed E-state index contributed by atoms with van der Waals surface area (Å²) in [6, 6.07) is 15.2. The van der Waals surface area contributed by atoms with Crippen molar-refractivity contribution < 1.29 is 4.79 Å². The number of carbonyl (C=O) groups is 1. The highest BCUT2D eigenvalue weighted by atomic mass is 32.2. The Morgan fingerprint density at radius 3 is 2.52 bits per heavy atom. The quantitative estimate of drug-likeness (QED) is 0.499. The van der Waals surface area contributed by atoms with Crippen molar-refractivity contribution in [2.75, 3.05) is 5.75 Å². The fraction of sp³-hybridized carbons (Fsp3) is 0.200. The number of nitrogens with zero attached hydrogens (tertiary/aromatic N) is 4. The maximum Gasteiger partial charge on any atom is 0.267 e. The largest absolute Gasteiger partial charge is 0.299 e. The van der Waals surface area contributed by atoms with Crippen molar-refractivity contribution in [2.45, 2.75) is 25.4 Å². The molecule has 0 atom stereocenters. The van der Waals surface area contributed by atoms with Crippen LogP contribution in [0.4, 0.5) is 0 Å². The van der Waals surface area contributed by atoms with Gasteiger partial charge in [-0.15, -0.1) is 10.2 Å². The number of para-hydroxylation sites is 1. The molecule has 0 amide bonds. The van der Waals surface area contributed by atoms with Crippen LogP contribution in [0.5, 0.6) is 0 Å². The van der Waals surface area contributed by atoms with Crippen LogP contribution in [0.3, 0.4) is 0 Å². The normalized spacial score (nSPS) is 11.3. The van der Waals surface area contributed by atoms with E-state index in [9.17, 15) is 9.59 Å². The van der Waals surface area contributed by atoms with Crippen LogP contribution in [0.1, 0.15) is 19.4 Å². The lowest BCUT2D eigenvalue weighted by Gasteiger charge is -2.11. The summed E-state index contributed by atoms with van der Waals surface area (Å²) < 4.78 is 3.42. The molecule has 27 heavy (non-hydrogen) atoms. The Labute approximate surface area is 159 Å². The van der Waals surface area contributed by atoms with Crippen molar-refractivity contribution in [3.8, 4) is 5.69 Å². The van der Waals surface area contributed by atoms with E-state index in [2.05, 4.69) is 17.1 Å². The Morgan fingerprint density at radius 2 is 1.81 bits per heavy atom. The van der Waals surface area contributed by atoms with E-state index in [4.69, 9.17) is 0 Å². The summed E-state index contributed by atoms with van der Waals surface area (Å²) in [6.45, 7) is 3.63. The predicted octanol–water partition coefficient (Wildman–Crippen LogP) is 3.28. The molecule has 136 valence electrons. The summed E-state index contributed by atoms with van der Waals surface area (Å²) >= 11 is 1.32. The molecule has 0 bridgehead atoms. The van der Waals surface area contributed by atoms with Crippen molar-refractivity contribution in [3.63, 3.8) is 0 Å². The van der Waals surface area contributed by atoms with Crippen LogP contribution in [0.15, 0.2) is 58.5 Å². The Bertz CT molecular complexity index is 1210. The molecule has 2 heterocycles. The molecule has 6 nitrogen and oxygen atoms in total. The van der Waals surface area contributed by atoms with Gasteiger partial charge in [0, 0.05) is 0 Å². The van der Waals surface area contributed by atoms with Gasteiger partial charge in [-0.1, -0.05) is 43.0 Å². The second-order valence-electron chi connectivity index (χ2n) is 6.29. The number of thioether (sulfide) groups is 1. The topological polar surface area (TPSA) is 69.3 Å². The monoisotopic (exact) mass is 378 g/mol. The Hall–Kier alpha value is -2.93. The van der Waals surface area contributed by atoms with E-state index in [-0.39, 0.29) is 11.3 Å². The van der Waals surface area contributed by atoms with Crippen molar-refractivity contribution in [3.05, 3.63) is 64.4 Å². The first-order chi connectivity index (χ1) is 13.1. The lowest BCUT2D eigenvalue weighted by molar-refractivity contribution is -0.114. The van der Waals surface area contributed by atoms with Crippen LogP contribution in [-0.2, 0) is 11.2 Å². The van der Waals surface area contributed by atoms with Crippen molar-refractivity contribution in [1.82, 2.24) is 19.2 Å². The highest BCUT2D eigenvalue weighted by Gasteiger charge is 2.18. The minimum atomic E-state index is -0.141. The first-order valence-corrected chi connectivity index (χ1v) is 9.69. The Kier molecular flexibility index (Phi) is 4.53. The maximum absolute atomic E-state index is 13.2. The summed E-state index contributed by atoms with van der Waals surface area (Å²) in [7, 11) is 0. The van der Waals surface area contributed by atoms with E-state index in [0.717, 1.165) is 17.6 Å². The van der Waals surface area contributed by atoms with E-state index < -0.39 is 0 Å². The van der Waals surface area contributed by atoms with Crippen LogP contribution in [0.25, 0.3) is 22.4 Å². The fourth-order valence-electron chi connectivity index (χ4n) is 3.05. The van der Waals surface area contributed by atoms with Gasteiger partial charge in [0.05, 0.1) is 22.3 Å². The summed E-state index contributed by atoms with van der Waals surface area (Å²) in [6.07, 6.45) is 0.930. The summed E-state index contributed by atoms with van der Waals surface area (Å²) in [5.74, 6) is 0.804. The van der Waals surface area contributed by atoms with Gasteiger partial charge in [0.15, 0.2) is 5.16 Å². The molecule has 0 saturated heterocycles. The number of fused-ring (bicyclic) bond motifs is 3. The number of Topliss-reactive ketones (excluding diaryl/α,β-unsaturated/α-hetero) is 1. The number of aryl methyl sites for hydroxylation is 1. The molecule has 2 aromatic heterocycles. The molecular weight excluding hydrogens is 360 g/mol. The van der Waals surface area contributed by atoms with Crippen molar-refractivity contribution in [2.24, 2.45) is 0 Å². The lowest BCUT2D eigenvalue weighted by atomic mass is 10.1.